The predicted octanol–water partition coefficient (Wildman–Crippen LogP) is 3.90. The lowest BCUT2D eigenvalue weighted by Gasteiger charge is -1.97. The Morgan fingerprint density at radius 2 is 2.18 bits per heavy atom. The van der Waals surface area contributed by atoms with Crippen LogP contribution in [0.3, 0.4) is 0 Å². The van der Waals surface area contributed by atoms with E-state index in [4.69, 9.17) is 0 Å². The standard InChI is InChI=1S/C13H9NOS2/c1-8-2-3-11(17-8)13(15)9-6-12-10(14-7-9)4-5-16-12/h2-7H,1H3. The van der Waals surface area contributed by atoms with Gasteiger partial charge < -0.3 is 0 Å². The van der Waals surface area contributed by atoms with E-state index < -0.39 is 0 Å². The summed E-state index contributed by atoms with van der Waals surface area (Å²) in [6.07, 6.45) is 1.66. The lowest BCUT2D eigenvalue weighted by molar-refractivity contribution is 0.104. The Hall–Kier alpha value is -1.52. The SMILES string of the molecule is Cc1ccc(C(=O)c2cnc3ccsc3c2)s1. The average molecular weight is 259 g/mol. The first-order valence-corrected chi connectivity index (χ1v) is 6.88. The summed E-state index contributed by atoms with van der Waals surface area (Å²) < 4.78 is 1.06. The normalized spacial score (nSPS) is 10.9. The zero-order valence-corrected chi connectivity index (χ0v) is 10.8. The van der Waals surface area contributed by atoms with E-state index in [1.54, 1.807) is 17.5 Å². The largest absolute Gasteiger partial charge is 0.288 e. The number of rotatable bonds is 2. The highest BCUT2D eigenvalue weighted by atomic mass is 32.1. The molecule has 4 heteroatoms. The van der Waals surface area contributed by atoms with Crippen molar-refractivity contribution >= 4 is 38.7 Å². The van der Waals surface area contributed by atoms with E-state index in [1.165, 1.54) is 11.3 Å². The van der Waals surface area contributed by atoms with Gasteiger partial charge in [0.15, 0.2) is 0 Å². The first-order valence-electron chi connectivity index (χ1n) is 5.18. The van der Waals surface area contributed by atoms with Crippen molar-refractivity contribution in [2.75, 3.05) is 0 Å². The van der Waals surface area contributed by atoms with E-state index in [0.717, 1.165) is 20.0 Å². The highest BCUT2D eigenvalue weighted by molar-refractivity contribution is 7.17. The van der Waals surface area contributed by atoms with Crippen molar-refractivity contribution in [2.45, 2.75) is 6.92 Å². The second-order valence-electron chi connectivity index (χ2n) is 3.77. The lowest BCUT2D eigenvalue weighted by atomic mass is 10.1. The molecular weight excluding hydrogens is 250 g/mol. The van der Waals surface area contributed by atoms with Crippen molar-refractivity contribution < 1.29 is 4.79 Å². The van der Waals surface area contributed by atoms with Crippen molar-refractivity contribution in [3.63, 3.8) is 0 Å². The van der Waals surface area contributed by atoms with E-state index in [9.17, 15) is 4.79 Å². The highest BCUT2D eigenvalue weighted by Gasteiger charge is 2.12. The summed E-state index contributed by atoms with van der Waals surface area (Å²) in [5.41, 5.74) is 1.62. The number of nitrogens with zero attached hydrogens (tertiary/aromatic N) is 1. The van der Waals surface area contributed by atoms with Gasteiger partial charge in [0.2, 0.25) is 5.78 Å². The summed E-state index contributed by atoms with van der Waals surface area (Å²) in [5, 5.41) is 1.99. The Kier molecular flexibility index (Phi) is 2.53. The minimum atomic E-state index is 0.0610. The summed E-state index contributed by atoms with van der Waals surface area (Å²) in [7, 11) is 0. The number of pyridine rings is 1. The van der Waals surface area contributed by atoms with Gasteiger partial charge in [0, 0.05) is 16.6 Å². The van der Waals surface area contributed by atoms with Gasteiger partial charge in [-0.15, -0.1) is 22.7 Å². The van der Waals surface area contributed by atoms with Gasteiger partial charge in [-0.3, -0.25) is 9.78 Å². The van der Waals surface area contributed by atoms with Crippen LogP contribution >= 0.6 is 22.7 Å². The number of ketones is 1. The summed E-state index contributed by atoms with van der Waals surface area (Å²) in [6, 6.07) is 7.73. The van der Waals surface area contributed by atoms with Crippen LogP contribution in [-0.2, 0) is 0 Å². The van der Waals surface area contributed by atoms with Crippen LogP contribution in [0.25, 0.3) is 10.2 Å². The van der Waals surface area contributed by atoms with Gasteiger partial charge >= 0.3 is 0 Å². The number of aryl methyl sites for hydroxylation is 1. The number of aromatic nitrogens is 1. The minimum Gasteiger partial charge on any atom is -0.288 e. The van der Waals surface area contributed by atoms with Gasteiger partial charge in [-0.2, -0.15) is 0 Å². The zero-order valence-electron chi connectivity index (χ0n) is 9.14. The first-order chi connectivity index (χ1) is 8.24. The first kappa shape index (κ1) is 10.6. The fourth-order valence-electron chi connectivity index (χ4n) is 1.67. The van der Waals surface area contributed by atoms with Crippen molar-refractivity contribution in [3.05, 3.63) is 51.2 Å². The van der Waals surface area contributed by atoms with Gasteiger partial charge in [0.1, 0.15) is 0 Å². The van der Waals surface area contributed by atoms with Gasteiger partial charge in [0.25, 0.3) is 0 Å². The predicted molar refractivity (Wildman–Crippen MR) is 72.1 cm³/mol. The van der Waals surface area contributed by atoms with Crippen molar-refractivity contribution in [2.24, 2.45) is 0 Å². The van der Waals surface area contributed by atoms with Crippen molar-refractivity contribution in [3.8, 4) is 0 Å². The van der Waals surface area contributed by atoms with Crippen LogP contribution in [0.2, 0.25) is 0 Å². The molecule has 0 unspecified atom stereocenters. The molecule has 3 aromatic heterocycles. The minimum absolute atomic E-state index is 0.0610. The number of fused-ring (bicyclic) bond motifs is 1. The molecule has 0 aliphatic carbocycles. The summed E-state index contributed by atoms with van der Waals surface area (Å²) in [4.78, 5) is 18.4. The maximum atomic E-state index is 12.2. The monoisotopic (exact) mass is 259 g/mol. The summed E-state index contributed by atoms with van der Waals surface area (Å²) in [6.45, 7) is 2.00. The fraction of sp³-hybridized carbons (Fsp3) is 0.0769. The van der Waals surface area contributed by atoms with E-state index in [2.05, 4.69) is 4.98 Å². The van der Waals surface area contributed by atoms with Gasteiger partial charge in [-0.05, 0) is 36.6 Å². The van der Waals surface area contributed by atoms with Gasteiger partial charge in [-0.25, -0.2) is 0 Å². The molecule has 17 heavy (non-hydrogen) atoms. The third-order valence-electron chi connectivity index (χ3n) is 2.53. The molecule has 0 atom stereocenters. The molecule has 3 rings (SSSR count). The summed E-state index contributed by atoms with van der Waals surface area (Å²) >= 11 is 3.13. The van der Waals surface area contributed by atoms with Crippen LogP contribution in [-0.4, -0.2) is 10.8 Å². The number of carbonyl (C=O) groups is 1. The Morgan fingerprint density at radius 3 is 2.94 bits per heavy atom. The maximum absolute atomic E-state index is 12.2. The zero-order chi connectivity index (χ0) is 11.8. The Labute approximate surface area is 107 Å². The molecule has 0 saturated carbocycles. The number of hydrogen-bond donors (Lipinski definition) is 0. The third kappa shape index (κ3) is 1.90. The molecule has 0 aliphatic rings. The molecule has 2 nitrogen and oxygen atoms in total. The molecule has 3 aromatic rings. The van der Waals surface area contributed by atoms with Crippen molar-refractivity contribution in [1.29, 1.82) is 0 Å². The quantitative estimate of drug-likeness (QED) is 0.653. The van der Waals surface area contributed by atoms with E-state index in [0.29, 0.717) is 5.56 Å². The van der Waals surface area contributed by atoms with Gasteiger partial charge in [-0.1, -0.05) is 0 Å². The Morgan fingerprint density at radius 1 is 1.29 bits per heavy atom. The fourth-order valence-corrected chi connectivity index (χ4v) is 3.28. The Balaban J connectivity index is 2.05. The molecule has 0 aliphatic heterocycles. The topological polar surface area (TPSA) is 30.0 Å². The maximum Gasteiger partial charge on any atom is 0.204 e. The number of thiophene rings is 2. The highest BCUT2D eigenvalue weighted by Crippen LogP contribution is 2.23. The average Bonchev–Trinajstić information content (AvgIpc) is 2.95. The molecule has 0 aromatic carbocycles. The van der Waals surface area contributed by atoms with Crippen molar-refractivity contribution in [1.82, 2.24) is 4.98 Å². The van der Waals surface area contributed by atoms with Crippen LogP contribution in [0.4, 0.5) is 0 Å². The van der Waals surface area contributed by atoms with Gasteiger partial charge in [0.05, 0.1) is 15.1 Å². The summed E-state index contributed by atoms with van der Waals surface area (Å²) in [5.74, 6) is 0.0610. The molecule has 3 heterocycles. The molecule has 0 spiro atoms. The second-order valence-corrected chi connectivity index (χ2v) is 6.00. The molecular formula is C13H9NOS2. The number of hydrogen-bond acceptors (Lipinski definition) is 4. The van der Waals surface area contributed by atoms with Crippen LogP contribution in [0.5, 0.6) is 0 Å². The smallest absolute Gasteiger partial charge is 0.204 e. The second kappa shape index (κ2) is 4.05. The lowest BCUT2D eigenvalue weighted by Crippen LogP contribution is -1.98. The molecule has 0 bridgehead atoms. The van der Waals surface area contributed by atoms with Crippen LogP contribution in [0.15, 0.2) is 35.8 Å². The molecule has 0 fully saturated rings. The third-order valence-corrected chi connectivity index (χ3v) is 4.38. The van der Waals surface area contributed by atoms with E-state index in [1.807, 2.05) is 36.6 Å². The Bertz CT molecular complexity index is 696. The van der Waals surface area contributed by atoms with E-state index in [-0.39, 0.29) is 5.78 Å². The molecule has 0 N–H and O–H groups in total. The molecule has 0 amide bonds. The van der Waals surface area contributed by atoms with Crippen LogP contribution in [0.1, 0.15) is 20.1 Å². The van der Waals surface area contributed by atoms with Crippen LogP contribution < -0.4 is 0 Å². The number of carbonyl (C=O) groups excluding carboxylic acids is 1. The molecule has 0 saturated heterocycles. The molecule has 84 valence electrons. The van der Waals surface area contributed by atoms with Crippen LogP contribution in [0, 0.1) is 6.92 Å². The van der Waals surface area contributed by atoms with E-state index >= 15 is 0 Å². The molecule has 0 radical (unpaired) electrons.